The largest absolute Gasteiger partial charge is 0.494 e. The van der Waals surface area contributed by atoms with Gasteiger partial charge in [0, 0.05) is 6.20 Å². The standard InChI is InChI=1S/C19H18N2O3/c1-2-23-15-6-7-18-13(10-15)9-14(12-24-18)19(22)16(11-20)17-5-3-4-8-21-17/h3-8,10,14,16H,2,9,12H2,1H3/t14-,16-/m1/s1. The monoisotopic (exact) mass is 322 g/mol. The van der Waals surface area contributed by atoms with Crippen molar-refractivity contribution in [1.82, 2.24) is 4.98 Å². The predicted octanol–water partition coefficient (Wildman–Crippen LogP) is 2.91. The summed E-state index contributed by atoms with van der Waals surface area (Å²) in [6.45, 7) is 2.79. The second-order valence-electron chi connectivity index (χ2n) is 5.63. The van der Waals surface area contributed by atoms with Crippen molar-refractivity contribution in [2.24, 2.45) is 5.92 Å². The summed E-state index contributed by atoms with van der Waals surface area (Å²) in [6, 6.07) is 12.9. The van der Waals surface area contributed by atoms with E-state index < -0.39 is 5.92 Å². The zero-order valence-electron chi connectivity index (χ0n) is 13.4. The molecule has 5 heteroatoms. The fraction of sp³-hybridized carbons (Fsp3) is 0.316. The Morgan fingerprint density at radius 1 is 1.46 bits per heavy atom. The molecule has 1 aliphatic heterocycles. The molecule has 2 aromatic rings. The van der Waals surface area contributed by atoms with E-state index in [-0.39, 0.29) is 18.3 Å². The highest BCUT2D eigenvalue weighted by Crippen LogP contribution is 2.33. The van der Waals surface area contributed by atoms with Crippen LogP contribution in [0.3, 0.4) is 0 Å². The fourth-order valence-corrected chi connectivity index (χ4v) is 2.87. The number of rotatable bonds is 5. The van der Waals surface area contributed by atoms with Gasteiger partial charge in [0.15, 0.2) is 5.78 Å². The summed E-state index contributed by atoms with van der Waals surface area (Å²) in [6.07, 6.45) is 2.13. The summed E-state index contributed by atoms with van der Waals surface area (Å²) >= 11 is 0. The molecule has 0 fully saturated rings. The number of pyridine rings is 1. The SMILES string of the molecule is CCOc1ccc2c(c1)C[C@@H](C(=O)[C@H](C#N)c1ccccn1)CO2. The Morgan fingerprint density at radius 3 is 3.04 bits per heavy atom. The number of aromatic nitrogens is 1. The average Bonchev–Trinajstić information content (AvgIpc) is 2.63. The lowest BCUT2D eigenvalue weighted by Gasteiger charge is -2.26. The van der Waals surface area contributed by atoms with Crippen molar-refractivity contribution in [2.75, 3.05) is 13.2 Å². The van der Waals surface area contributed by atoms with E-state index in [1.54, 1.807) is 24.4 Å². The Kier molecular flexibility index (Phi) is 4.76. The van der Waals surface area contributed by atoms with E-state index >= 15 is 0 Å². The third-order valence-corrected chi connectivity index (χ3v) is 4.05. The van der Waals surface area contributed by atoms with Crippen molar-refractivity contribution in [2.45, 2.75) is 19.3 Å². The van der Waals surface area contributed by atoms with E-state index in [0.717, 1.165) is 17.1 Å². The van der Waals surface area contributed by atoms with Crippen LogP contribution in [0.4, 0.5) is 0 Å². The van der Waals surface area contributed by atoms with Crippen LogP contribution in [0.5, 0.6) is 11.5 Å². The molecule has 0 amide bonds. The average molecular weight is 322 g/mol. The molecule has 1 aromatic heterocycles. The lowest BCUT2D eigenvalue weighted by Crippen LogP contribution is -2.31. The van der Waals surface area contributed by atoms with E-state index in [9.17, 15) is 10.1 Å². The Hall–Kier alpha value is -2.87. The number of nitrogens with zero attached hydrogens (tertiary/aromatic N) is 2. The topological polar surface area (TPSA) is 72.2 Å². The van der Waals surface area contributed by atoms with Crippen LogP contribution in [0.15, 0.2) is 42.6 Å². The molecule has 0 aliphatic carbocycles. The molecule has 0 radical (unpaired) electrons. The minimum atomic E-state index is -0.864. The smallest absolute Gasteiger partial charge is 0.162 e. The summed E-state index contributed by atoms with van der Waals surface area (Å²) in [7, 11) is 0. The van der Waals surface area contributed by atoms with Gasteiger partial charge in [-0.2, -0.15) is 5.26 Å². The number of Topliss-reactive ketones (excluding diaryl/α,β-unsaturated/α-hetero) is 1. The quantitative estimate of drug-likeness (QED) is 0.846. The molecule has 0 spiro atoms. The van der Waals surface area contributed by atoms with Crippen LogP contribution < -0.4 is 9.47 Å². The van der Waals surface area contributed by atoms with Crippen LogP contribution >= 0.6 is 0 Å². The molecule has 2 atom stereocenters. The van der Waals surface area contributed by atoms with Gasteiger partial charge in [0.05, 0.1) is 30.9 Å². The summed E-state index contributed by atoms with van der Waals surface area (Å²) in [4.78, 5) is 16.9. The maximum absolute atomic E-state index is 12.8. The third-order valence-electron chi connectivity index (χ3n) is 4.05. The number of hydrogen-bond acceptors (Lipinski definition) is 5. The lowest BCUT2D eigenvalue weighted by atomic mass is 9.86. The first-order valence-corrected chi connectivity index (χ1v) is 7.95. The molecule has 122 valence electrons. The van der Waals surface area contributed by atoms with Gasteiger partial charge in [0.2, 0.25) is 0 Å². The van der Waals surface area contributed by atoms with E-state index in [0.29, 0.717) is 18.7 Å². The van der Waals surface area contributed by atoms with Crippen molar-refractivity contribution in [3.05, 3.63) is 53.9 Å². The Labute approximate surface area is 140 Å². The van der Waals surface area contributed by atoms with Crippen LogP contribution in [0, 0.1) is 17.2 Å². The van der Waals surface area contributed by atoms with Crippen molar-refractivity contribution >= 4 is 5.78 Å². The molecule has 1 aliphatic rings. The number of ketones is 1. The molecule has 0 N–H and O–H groups in total. The predicted molar refractivity (Wildman–Crippen MR) is 87.9 cm³/mol. The number of carbonyl (C=O) groups excluding carboxylic acids is 1. The number of hydrogen-bond donors (Lipinski definition) is 0. The molecule has 3 rings (SSSR count). The molecule has 0 unspecified atom stereocenters. The van der Waals surface area contributed by atoms with E-state index in [2.05, 4.69) is 11.1 Å². The molecule has 5 nitrogen and oxygen atoms in total. The minimum absolute atomic E-state index is 0.149. The van der Waals surface area contributed by atoms with Gasteiger partial charge in [0.25, 0.3) is 0 Å². The Balaban J connectivity index is 1.80. The first-order chi connectivity index (χ1) is 11.7. The van der Waals surface area contributed by atoms with Gasteiger partial charge in [-0.05, 0) is 49.2 Å². The van der Waals surface area contributed by atoms with Gasteiger partial charge < -0.3 is 9.47 Å². The maximum Gasteiger partial charge on any atom is 0.162 e. The summed E-state index contributed by atoms with van der Waals surface area (Å²) in [5.41, 5.74) is 1.42. The fourth-order valence-electron chi connectivity index (χ4n) is 2.87. The molecule has 0 bridgehead atoms. The van der Waals surface area contributed by atoms with Gasteiger partial charge in [0.1, 0.15) is 17.4 Å². The maximum atomic E-state index is 12.8. The molecule has 0 saturated heterocycles. The second-order valence-corrected chi connectivity index (χ2v) is 5.63. The summed E-state index contributed by atoms with van der Waals surface area (Å²) < 4.78 is 11.2. The highest BCUT2D eigenvalue weighted by molar-refractivity contribution is 5.90. The summed E-state index contributed by atoms with van der Waals surface area (Å²) in [5.74, 6) is 0.157. The van der Waals surface area contributed by atoms with Gasteiger partial charge in [-0.15, -0.1) is 0 Å². The van der Waals surface area contributed by atoms with Crippen molar-refractivity contribution in [3.8, 4) is 17.6 Å². The van der Waals surface area contributed by atoms with E-state index in [4.69, 9.17) is 9.47 Å². The van der Waals surface area contributed by atoms with Crippen LogP contribution in [0.1, 0.15) is 24.1 Å². The number of nitriles is 1. The van der Waals surface area contributed by atoms with Crippen molar-refractivity contribution in [1.29, 1.82) is 5.26 Å². The zero-order chi connectivity index (χ0) is 16.9. The summed E-state index contributed by atoms with van der Waals surface area (Å²) in [5, 5.41) is 9.42. The molecular weight excluding hydrogens is 304 g/mol. The van der Waals surface area contributed by atoms with Crippen LogP contribution in [-0.2, 0) is 11.2 Å². The molecule has 24 heavy (non-hydrogen) atoms. The van der Waals surface area contributed by atoms with Crippen molar-refractivity contribution in [3.63, 3.8) is 0 Å². The number of carbonyl (C=O) groups is 1. The van der Waals surface area contributed by atoms with E-state index in [1.165, 1.54) is 0 Å². The van der Waals surface area contributed by atoms with Crippen LogP contribution in [0.2, 0.25) is 0 Å². The van der Waals surface area contributed by atoms with Crippen LogP contribution in [-0.4, -0.2) is 24.0 Å². The Morgan fingerprint density at radius 2 is 2.33 bits per heavy atom. The number of ether oxygens (including phenoxy) is 2. The molecule has 1 aromatic carbocycles. The minimum Gasteiger partial charge on any atom is -0.494 e. The highest BCUT2D eigenvalue weighted by Gasteiger charge is 2.33. The van der Waals surface area contributed by atoms with Crippen LogP contribution in [0.25, 0.3) is 0 Å². The molecular formula is C19H18N2O3. The van der Waals surface area contributed by atoms with Gasteiger partial charge in [-0.1, -0.05) is 6.07 Å². The molecule has 0 saturated carbocycles. The van der Waals surface area contributed by atoms with Gasteiger partial charge in [-0.3, -0.25) is 9.78 Å². The first-order valence-electron chi connectivity index (χ1n) is 7.95. The normalized spacial score (nSPS) is 17.1. The lowest BCUT2D eigenvalue weighted by molar-refractivity contribution is -0.124. The molecule has 2 heterocycles. The highest BCUT2D eigenvalue weighted by atomic mass is 16.5. The van der Waals surface area contributed by atoms with Gasteiger partial charge >= 0.3 is 0 Å². The number of fused-ring (bicyclic) bond motifs is 1. The Bertz CT molecular complexity index is 768. The van der Waals surface area contributed by atoms with Gasteiger partial charge in [-0.25, -0.2) is 0 Å². The van der Waals surface area contributed by atoms with E-state index in [1.807, 2.05) is 25.1 Å². The zero-order valence-corrected chi connectivity index (χ0v) is 13.4. The third kappa shape index (κ3) is 3.23. The second kappa shape index (κ2) is 7.14. The first kappa shape index (κ1) is 16.0. The van der Waals surface area contributed by atoms with Crippen molar-refractivity contribution < 1.29 is 14.3 Å². The number of benzene rings is 1.